The van der Waals surface area contributed by atoms with Crippen LogP contribution < -0.4 is 5.73 Å². The largest absolute Gasteiger partial charge is 0.319 e. The molecule has 0 saturated heterocycles. The van der Waals surface area contributed by atoms with Gasteiger partial charge in [0.05, 0.1) is 22.4 Å². The van der Waals surface area contributed by atoms with Crippen molar-refractivity contribution < 1.29 is 0 Å². The Hall–Kier alpha value is -0.840. The number of nitrogens with zero attached hydrogens (tertiary/aromatic N) is 2. The van der Waals surface area contributed by atoms with Crippen molar-refractivity contribution in [1.82, 2.24) is 9.78 Å². The van der Waals surface area contributed by atoms with Gasteiger partial charge in [-0.15, -0.1) is 0 Å². The summed E-state index contributed by atoms with van der Waals surface area (Å²) < 4.78 is 2.86. The van der Waals surface area contributed by atoms with Crippen molar-refractivity contribution in [2.45, 2.75) is 32.9 Å². The molecule has 5 heteroatoms. The van der Waals surface area contributed by atoms with Crippen molar-refractivity contribution in [3.8, 4) is 0 Å². The average molecular weight is 343 g/mol. The molecule has 1 unspecified atom stereocenters. The van der Waals surface area contributed by atoms with Crippen LogP contribution in [0.15, 0.2) is 28.9 Å². The Bertz CT molecular complexity index is 592. The summed E-state index contributed by atoms with van der Waals surface area (Å²) in [5.41, 5.74) is 9.54. The van der Waals surface area contributed by atoms with Crippen LogP contribution in [0.3, 0.4) is 0 Å². The topological polar surface area (TPSA) is 43.8 Å². The Morgan fingerprint density at radius 3 is 2.68 bits per heavy atom. The van der Waals surface area contributed by atoms with Gasteiger partial charge in [-0.1, -0.05) is 17.7 Å². The minimum Gasteiger partial charge on any atom is -0.319 e. The van der Waals surface area contributed by atoms with E-state index >= 15 is 0 Å². The van der Waals surface area contributed by atoms with Gasteiger partial charge in [0.15, 0.2) is 0 Å². The molecule has 0 saturated carbocycles. The van der Waals surface area contributed by atoms with Crippen molar-refractivity contribution in [2.75, 3.05) is 0 Å². The van der Waals surface area contributed by atoms with Gasteiger partial charge in [-0.2, -0.15) is 5.10 Å². The summed E-state index contributed by atoms with van der Waals surface area (Å²) >= 11 is 9.60. The fourth-order valence-electron chi connectivity index (χ4n) is 2.15. The van der Waals surface area contributed by atoms with Crippen LogP contribution >= 0.6 is 27.5 Å². The monoisotopic (exact) mass is 341 g/mol. The second-order valence-corrected chi connectivity index (χ2v) is 6.19. The van der Waals surface area contributed by atoms with E-state index in [1.807, 2.05) is 29.8 Å². The average Bonchev–Trinajstić information content (AvgIpc) is 2.73. The first kappa shape index (κ1) is 14.6. The number of benzene rings is 1. The molecule has 0 radical (unpaired) electrons. The number of aromatic nitrogens is 2. The fraction of sp³-hybridized carbons (Fsp3) is 0.357. The lowest BCUT2D eigenvalue weighted by molar-refractivity contribution is 0.498. The van der Waals surface area contributed by atoms with Gasteiger partial charge in [0.25, 0.3) is 0 Å². The highest BCUT2D eigenvalue weighted by atomic mass is 79.9. The second kappa shape index (κ2) is 5.65. The Morgan fingerprint density at radius 2 is 2.05 bits per heavy atom. The summed E-state index contributed by atoms with van der Waals surface area (Å²) in [6.07, 6.45) is 1.79. The van der Waals surface area contributed by atoms with E-state index < -0.39 is 0 Å². The first-order valence-electron chi connectivity index (χ1n) is 6.16. The third-order valence-electron chi connectivity index (χ3n) is 3.15. The Kier molecular flexibility index (Phi) is 4.33. The van der Waals surface area contributed by atoms with E-state index in [0.717, 1.165) is 21.3 Å². The number of hydrogen-bond acceptors (Lipinski definition) is 2. The lowest BCUT2D eigenvalue weighted by Gasteiger charge is -2.19. The van der Waals surface area contributed by atoms with Gasteiger partial charge >= 0.3 is 0 Å². The van der Waals surface area contributed by atoms with Crippen molar-refractivity contribution in [2.24, 2.45) is 5.73 Å². The molecule has 2 aromatic rings. The number of aryl methyl sites for hydroxylation is 1. The zero-order valence-corrected chi connectivity index (χ0v) is 13.5. The van der Waals surface area contributed by atoms with Crippen LogP contribution in [0.5, 0.6) is 0 Å². The van der Waals surface area contributed by atoms with Crippen LogP contribution in [0.2, 0.25) is 5.02 Å². The molecule has 1 heterocycles. The van der Waals surface area contributed by atoms with E-state index in [0.29, 0.717) is 5.02 Å². The van der Waals surface area contributed by atoms with Gasteiger partial charge in [0, 0.05) is 11.1 Å². The Labute approximate surface area is 126 Å². The molecule has 19 heavy (non-hydrogen) atoms. The first-order chi connectivity index (χ1) is 8.91. The molecule has 102 valence electrons. The SMILES string of the molecule is Cc1ccc(Cl)cc1C(N)c1c(Br)cnn1C(C)C. The third kappa shape index (κ3) is 2.86. The summed E-state index contributed by atoms with van der Waals surface area (Å²) in [5, 5.41) is 5.07. The number of rotatable bonds is 3. The van der Waals surface area contributed by atoms with E-state index in [2.05, 4.69) is 34.9 Å². The molecule has 0 aliphatic heterocycles. The predicted molar refractivity (Wildman–Crippen MR) is 82.5 cm³/mol. The number of halogens is 2. The van der Waals surface area contributed by atoms with E-state index in [-0.39, 0.29) is 12.1 Å². The van der Waals surface area contributed by atoms with Crippen molar-refractivity contribution in [1.29, 1.82) is 0 Å². The summed E-state index contributed by atoms with van der Waals surface area (Å²) in [6, 6.07) is 5.79. The third-order valence-corrected chi connectivity index (χ3v) is 3.99. The van der Waals surface area contributed by atoms with Crippen molar-refractivity contribution in [3.63, 3.8) is 0 Å². The number of nitrogens with two attached hydrogens (primary N) is 1. The Balaban J connectivity index is 2.52. The van der Waals surface area contributed by atoms with E-state index in [1.165, 1.54) is 0 Å². The molecular formula is C14H17BrClN3. The molecule has 2 N–H and O–H groups in total. The highest BCUT2D eigenvalue weighted by Gasteiger charge is 2.21. The molecule has 1 atom stereocenters. The lowest BCUT2D eigenvalue weighted by atomic mass is 9.99. The zero-order chi connectivity index (χ0) is 14.2. The first-order valence-corrected chi connectivity index (χ1v) is 7.33. The van der Waals surface area contributed by atoms with Crippen LogP contribution in [-0.2, 0) is 0 Å². The van der Waals surface area contributed by atoms with Gasteiger partial charge in [0.1, 0.15) is 0 Å². The molecule has 0 aliphatic rings. The molecule has 1 aromatic carbocycles. The predicted octanol–water partition coefficient (Wildman–Crippen LogP) is 4.24. The minimum absolute atomic E-state index is 0.252. The van der Waals surface area contributed by atoms with Crippen LogP contribution in [0.4, 0.5) is 0 Å². The summed E-state index contributed by atoms with van der Waals surface area (Å²) in [4.78, 5) is 0. The van der Waals surface area contributed by atoms with Gasteiger partial charge in [-0.05, 0) is 60.0 Å². The molecular weight excluding hydrogens is 326 g/mol. The van der Waals surface area contributed by atoms with Crippen LogP contribution in [0.1, 0.15) is 42.8 Å². The second-order valence-electron chi connectivity index (χ2n) is 4.89. The maximum atomic E-state index is 6.42. The maximum Gasteiger partial charge on any atom is 0.0742 e. The minimum atomic E-state index is -0.252. The van der Waals surface area contributed by atoms with Crippen molar-refractivity contribution in [3.05, 3.63) is 50.7 Å². The van der Waals surface area contributed by atoms with E-state index in [9.17, 15) is 0 Å². The summed E-state index contributed by atoms with van der Waals surface area (Å²) in [5.74, 6) is 0. The van der Waals surface area contributed by atoms with Gasteiger partial charge < -0.3 is 5.73 Å². The number of hydrogen-bond donors (Lipinski definition) is 1. The molecule has 0 fully saturated rings. The van der Waals surface area contributed by atoms with Gasteiger partial charge in [-0.3, -0.25) is 4.68 Å². The molecule has 0 amide bonds. The van der Waals surface area contributed by atoms with E-state index in [4.69, 9.17) is 17.3 Å². The fourth-order valence-corrected chi connectivity index (χ4v) is 2.85. The normalized spacial score (nSPS) is 13.0. The molecule has 3 nitrogen and oxygen atoms in total. The summed E-state index contributed by atoms with van der Waals surface area (Å²) in [7, 11) is 0. The van der Waals surface area contributed by atoms with Crippen molar-refractivity contribution >= 4 is 27.5 Å². The highest BCUT2D eigenvalue weighted by Crippen LogP contribution is 2.31. The summed E-state index contributed by atoms with van der Waals surface area (Å²) in [6.45, 7) is 6.20. The molecule has 2 rings (SSSR count). The molecule has 0 aliphatic carbocycles. The van der Waals surface area contributed by atoms with Crippen LogP contribution in [-0.4, -0.2) is 9.78 Å². The lowest BCUT2D eigenvalue weighted by Crippen LogP contribution is -2.20. The highest BCUT2D eigenvalue weighted by molar-refractivity contribution is 9.10. The van der Waals surface area contributed by atoms with Crippen LogP contribution in [0.25, 0.3) is 0 Å². The maximum absolute atomic E-state index is 6.42. The quantitative estimate of drug-likeness (QED) is 0.907. The molecule has 0 bridgehead atoms. The standard InChI is InChI=1S/C14H17BrClN3/c1-8(2)19-14(12(15)7-18-19)13(17)11-6-10(16)5-4-9(11)3/h4-8,13H,17H2,1-3H3. The molecule has 1 aromatic heterocycles. The van der Waals surface area contributed by atoms with Gasteiger partial charge in [0.2, 0.25) is 0 Å². The molecule has 0 spiro atoms. The van der Waals surface area contributed by atoms with Gasteiger partial charge in [-0.25, -0.2) is 0 Å². The van der Waals surface area contributed by atoms with Crippen LogP contribution in [0, 0.1) is 6.92 Å². The van der Waals surface area contributed by atoms with E-state index in [1.54, 1.807) is 6.20 Å². The Morgan fingerprint density at radius 1 is 1.37 bits per heavy atom. The smallest absolute Gasteiger partial charge is 0.0742 e. The zero-order valence-electron chi connectivity index (χ0n) is 11.2.